The molecule has 5 nitrogen and oxygen atoms in total. The lowest BCUT2D eigenvalue weighted by Gasteiger charge is -2.52. The number of piperazine rings is 1. The van der Waals surface area contributed by atoms with Crippen molar-refractivity contribution in [2.45, 2.75) is 32.4 Å². The van der Waals surface area contributed by atoms with Gasteiger partial charge in [0.05, 0.1) is 12.1 Å². The van der Waals surface area contributed by atoms with Crippen molar-refractivity contribution in [2.75, 3.05) is 37.7 Å². The number of guanidine groups is 1. The fourth-order valence-corrected chi connectivity index (χ4v) is 4.63. The van der Waals surface area contributed by atoms with Crippen LogP contribution in [0.5, 0.6) is 0 Å². The fraction of sp³-hybridized carbons (Fsp3) is 0.632. The number of benzene rings is 1. The fourth-order valence-electron chi connectivity index (χ4n) is 4.63. The molecule has 0 radical (unpaired) electrons. The second-order valence-electron chi connectivity index (χ2n) is 7.95. The van der Waals surface area contributed by atoms with E-state index >= 15 is 0 Å². The molecule has 2 saturated heterocycles. The number of rotatable bonds is 2. The molecule has 7 heteroatoms. The molecule has 0 bridgehead atoms. The highest BCUT2D eigenvalue weighted by Gasteiger charge is 2.59. The maximum Gasteiger partial charge on any atom is 0.191 e. The third kappa shape index (κ3) is 3.40. The lowest BCUT2D eigenvalue weighted by molar-refractivity contribution is -0.0988. The monoisotopic (exact) mass is 474 g/mol. The average molecular weight is 474 g/mol. The van der Waals surface area contributed by atoms with E-state index in [0.717, 1.165) is 44.9 Å². The predicted molar refractivity (Wildman–Crippen MR) is 113 cm³/mol. The van der Waals surface area contributed by atoms with Crippen LogP contribution in [0.4, 0.5) is 10.1 Å². The van der Waals surface area contributed by atoms with E-state index in [1.54, 1.807) is 0 Å². The van der Waals surface area contributed by atoms with E-state index in [4.69, 9.17) is 15.5 Å². The minimum Gasteiger partial charge on any atom is -0.377 e. The summed E-state index contributed by atoms with van der Waals surface area (Å²) in [5.74, 6) is 0.979. The standard InChI is InChI=1S/C19H27FN4O.HI/c1-19(2)16(15-7-12-25-17(15)19)22-18(21)24-10-8-23(9-11-24)14-5-3-13(20)4-6-14;/h3-6,15-17H,7-12H2,1-2H3,(H2,21,22);1H. The van der Waals surface area contributed by atoms with Crippen LogP contribution in [0.15, 0.2) is 29.3 Å². The molecule has 1 aromatic carbocycles. The minimum absolute atomic E-state index is 0. The van der Waals surface area contributed by atoms with Crippen LogP contribution in [0.25, 0.3) is 0 Å². The Kier molecular flexibility index (Phi) is 5.67. The predicted octanol–water partition coefficient (Wildman–Crippen LogP) is 2.69. The number of nitrogens with zero attached hydrogens (tertiary/aromatic N) is 3. The molecule has 0 aromatic heterocycles. The Morgan fingerprint density at radius 1 is 1.19 bits per heavy atom. The number of halogens is 2. The zero-order chi connectivity index (χ0) is 17.6. The summed E-state index contributed by atoms with van der Waals surface area (Å²) in [6.45, 7) is 8.72. The third-order valence-corrected chi connectivity index (χ3v) is 6.11. The van der Waals surface area contributed by atoms with Gasteiger partial charge in [0, 0.05) is 49.8 Å². The number of anilines is 1. The Balaban J connectivity index is 0.00000196. The van der Waals surface area contributed by atoms with Gasteiger partial charge in [0.2, 0.25) is 0 Å². The molecule has 0 amide bonds. The molecule has 3 fully saturated rings. The molecule has 1 aliphatic carbocycles. The van der Waals surface area contributed by atoms with Crippen LogP contribution in [-0.2, 0) is 4.74 Å². The van der Waals surface area contributed by atoms with E-state index in [9.17, 15) is 4.39 Å². The largest absolute Gasteiger partial charge is 0.377 e. The Labute approximate surface area is 171 Å². The van der Waals surface area contributed by atoms with Gasteiger partial charge < -0.3 is 20.3 Å². The number of aliphatic imine (C=N–C) groups is 1. The Hall–Kier alpha value is -1.09. The van der Waals surface area contributed by atoms with Crippen LogP contribution < -0.4 is 10.6 Å². The lowest BCUT2D eigenvalue weighted by Crippen LogP contribution is -2.60. The number of nitrogens with two attached hydrogens (primary N) is 1. The number of hydrogen-bond acceptors (Lipinski definition) is 3. The highest BCUT2D eigenvalue weighted by molar-refractivity contribution is 14.0. The summed E-state index contributed by atoms with van der Waals surface area (Å²) in [7, 11) is 0. The third-order valence-electron chi connectivity index (χ3n) is 6.11. The maximum absolute atomic E-state index is 13.1. The van der Waals surface area contributed by atoms with E-state index in [1.165, 1.54) is 12.1 Å². The summed E-state index contributed by atoms with van der Waals surface area (Å²) in [5.41, 5.74) is 7.46. The summed E-state index contributed by atoms with van der Waals surface area (Å²) >= 11 is 0. The lowest BCUT2D eigenvalue weighted by atomic mass is 9.57. The molecule has 2 N–H and O–H groups in total. The van der Waals surface area contributed by atoms with Gasteiger partial charge in [-0.25, -0.2) is 9.38 Å². The molecule has 4 rings (SSSR count). The summed E-state index contributed by atoms with van der Waals surface area (Å²) in [4.78, 5) is 9.31. The van der Waals surface area contributed by atoms with Gasteiger partial charge in [-0.2, -0.15) is 0 Å². The second-order valence-corrected chi connectivity index (χ2v) is 7.95. The topological polar surface area (TPSA) is 54.1 Å². The number of hydrogen-bond donors (Lipinski definition) is 1. The quantitative estimate of drug-likeness (QED) is 0.407. The zero-order valence-corrected chi connectivity index (χ0v) is 17.7. The first-order chi connectivity index (χ1) is 12.0. The average Bonchev–Trinajstić information content (AvgIpc) is 3.07. The van der Waals surface area contributed by atoms with E-state index in [-0.39, 0.29) is 41.3 Å². The first-order valence-corrected chi connectivity index (χ1v) is 9.17. The Morgan fingerprint density at radius 3 is 2.50 bits per heavy atom. The Morgan fingerprint density at radius 2 is 1.85 bits per heavy atom. The van der Waals surface area contributed by atoms with Gasteiger partial charge in [-0.15, -0.1) is 24.0 Å². The van der Waals surface area contributed by atoms with Crippen molar-refractivity contribution < 1.29 is 9.13 Å². The minimum atomic E-state index is -0.198. The van der Waals surface area contributed by atoms with Gasteiger partial charge >= 0.3 is 0 Å². The first kappa shape index (κ1) is 19.7. The van der Waals surface area contributed by atoms with Crippen LogP contribution in [0.1, 0.15) is 20.3 Å². The molecular weight excluding hydrogens is 446 g/mol. The van der Waals surface area contributed by atoms with E-state index in [2.05, 4.69) is 23.6 Å². The molecule has 3 unspecified atom stereocenters. The summed E-state index contributed by atoms with van der Waals surface area (Å²) in [5, 5.41) is 0. The van der Waals surface area contributed by atoms with Crippen LogP contribution in [0, 0.1) is 17.2 Å². The van der Waals surface area contributed by atoms with Crippen LogP contribution in [0.3, 0.4) is 0 Å². The highest BCUT2D eigenvalue weighted by Crippen LogP contribution is 2.53. The maximum atomic E-state index is 13.1. The van der Waals surface area contributed by atoms with E-state index < -0.39 is 0 Å². The molecule has 3 atom stereocenters. The van der Waals surface area contributed by atoms with Crippen molar-refractivity contribution >= 4 is 35.6 Å². The van der Waals surface area contributed by atoms with Gasteiger partial charge in [0.15, 0.2) is 5.96 Å². The smallest absolute Gasteiger partial charge is 0.191 e. The molecule has 26 heavy (non-hydrogen) atoms. The van der Waals surface area contributed by atoms with Gasteiger partial charge in [0.1, 0.15) is 5.82 Å². The van der Waals surface area contributed by atoms with Crippen LogP contribution >= 0.6 is 24.0 Å². The summed E-state index contributed by atoms with van der Waals surface area (Å²) < 4.78 is 18.9. The van der Waals surface area contributed by atoms with Gasteiger partial charge in [-0.05, 0) is 30.7 Å². The molecular formula is C19H28FIN4O. The SMILES string of the molecule is CC1(C)C(N=C(N)N2CCN(c3ccc(F)cc3)CC2)C2CCOC21.I. The normalized spacial score (nSPS) is 30.4. The number of fused-ring (bicyclic) bond motifs is 1. The van der Waals surface area contributed by atoms with Crippen molar-refractivity contribution in [1.29, 1.82) is 0 Å². The van der Waals surface area contributed by atoms with E-state index in [0.29, 0.717) is 18.0 Å². The van der Waals surface area contributed by atoms with Crippen molar-refractivity contribution in [3.8, 4) is 0 Å². The summed E-state index contributed by atoms with van der Waals surface area (Å²) in [6.07, 6.45) is 1.43. The van der Waals surface area contributed by atoms with E-state index in [1.807, 2.05) is 12.1 Å². The van der Waals surface area contributed by atoms with Gasteiger partial charge in [-0.3, -0.25) is 0 Å². The second kappa shape index (κ2) is 7.50. The van der Waals surface area contributed by atoms with Crippen LogP contribution in [0.2, 0.25) is 0 Å². The molecule has 3 aliphatic rings. The highest BCUT2D eigenvalue weighted by atomic mass is 127. The molecule has 144 valence electrons. The van der Waals surface area contributed by atoms with Crippen LogP contribution in [-0.4, -0.2) is 55.8 Å². The number of ether oxygens (including phenoxy) is 1. The summed E-state index contributed by atoms with van der Waals surface area (Å²) in [6, 6.07) is 6.95. The zero-order valence-electron chi connectivity index (χ0n) is 15.4. The van der Waals surface area contributed by atoms with Gasteiger partial charge in [0.25, 0.3) is 0 Å². The van der Waals surface area contributed by atoms with Gasteiger partial charge in [-0.1, -0.05) is 13.8 Å². The molecule has 2 aliphatic heterocycles. The van der Waals surface area contributed by atoms with Crippen molar-refractivity contribution in [2.24, 2.45) is 22.1 Å². The van der Waals surface area contributed by atoms with Crippen molar-refractivity contribution in [3.05, 3.63) is 30.1 Å². The Bertz CT molecular complexity index is 658. The van der Waals surface area contributed by atoms with Crippen molar-refractivity contribution in [3.63, 3.8) is 0 Å². The molecule has 2 heterocycles. The molecule has 1 saturated carbocycles. The first-order valence-electron chi connectivity index (χ1n) is 9.17. The van der Waals surface area contributed by atoms with Crippen molar-refractivity contribution in [1.82, 2.24) is 4.90 Å². The molecule has 1 aromatic rings. The molecule has 0 spiro atoms.